The molecular formula is C15H26N2O. The second-order valence-corrected chi connectivity index (χ2v) is 6.47. The maximum absolute atomic E-state index is 12.8. The van der Waals surface area contributed by atoms with Gasteiger partial charge < -0.3 is 4.90 Å². The van der Waals surface area contributed by atoms with Gasteiger partial charge in [0, 0.05) is 6.54 Å². The summed E-state index contributed by atoms with van der Waals surface area (Å²) in [6.45, 7) is 3.20. The summed E-state index contributed by atoms with van der Waals surface area (Å²) in [4.78, 5) is 14.9. The molecular weight excluding hydrogens is 224 g/mol. The molecule has 1 unspecified atom stereocenters. The fourth-order valence-corrected chi connectivity index (χ4v) is 4.22. The summed E-state index contributed by atoms with van der Waals surface area (Å²) in [5.41, 5.74) is -0.167. The summed E-state index contributed by atoms with van der Waals surface area (Å²) in [5.74, 6) is 1.18. The monoisotopic (exact) mass is 250 g/mol. The van der Waals surface area contributed by atoms with Gasteiger partial charge in [-0.25, -0.2) is 0 Å². The van der Waals surface area contributed by atoms with Crippen molar-refractivity contribution >= 4 is 5.91 Å². The molecule has 0 bridgehead atoms. The van der Waals surface area contributed by atoms with Crippen LogP contribution in [0, 0.1) is 5.92 Å². The van der Waals surface area contributed by atoms with E-state index in [4.69, 9.17) is 0 Å². The maximum Gasteiger partial charge on any atom is 0.244 e. The van der Waals surface area contributed by atoms with Gasteiger partial charge in [-0.15, -0.1) is 0 Å². The first-order chi connectivity index (χ1) is 8.75. The van der Waals surface area contributed by atoms with Crippen molar-refractivity contribution in [1.82, 2.24) is 10.2 Å². The first-order valence-corrected chi connectivity index (χ1v) is 7.84. The van der Waals surface area contributed by atoms with Crippen LogP contribution in [0.5, 0.6) is 0 Å². The normalized spacial score (nSPS) is 31.9. The number of carbonyl (C=O) groups excluding carboxylic acids is 1. The van der Waals surface area contributed by atoms with Crippen LogP contribution in [0.4, 0.5) is 0 Å². The molecule has 1 aliphatic heterocycles. The largest absolute Gasteiger partial charge is 0.325 e. The van der Waals surface area contributed by atoms with E-state index < -0.39 is 0 Å². The summed E-state index contributed by atoms with van der Waals surface area (Å²) < 4.78 is 0. The van der Waals surface area contributed by atoms with Gasteiger partial charge in [-0.3, -0.25) is 10.1 Å². The highest BCUT2D eigenvalue weighted by molar-refractivity contribution is 5.89. The van der Waals surface area contributed by atoms with Crippen molar-refractivity contribution in [2.45, 2.75) is 76.4 Å². The highest BCUT2D eigenvalue weighted by atomic mass is 16.2. The molecule has 1 amide bonds. The molecule has 3 rings (SSSR count). The molecule has 3 nitrogen and oxygen atoms in total. The van der Waals surface area contributed by atoms with E-state index in [0.717, 1.165) is 31.7 Å². The summed E-state index contributed by atoms with van der Waals surface area (Å²) in [7, 11) is 0. The standard InChI is InChI=1S/C15H26N2O/c1-2-13-16-15(9-5-6-10-15)14(18)17(13)11-12-7-3-4-8-12/h12-13,16H,2-11H2,1H3. The third-order valence-corrected chi connectivity index (χ3v) is 5.26. The SMILES string of the molecule is CCC1NC2(CCCC2)C(=O)N1CC1CCCC1. The average molecular weight is 250 g/mol. The lowest BCUT2D eigenvalue weighted by Crippen LogP contribution is -2.44. The Kier molecular flexibility index (Phi) is 3.35. The lowest BCUT2D eigenvalue weighted by molar-refractivity contribution is -0.133. The summed E-state index contributed by atoms with van der Waals surface area (Å²) in [6, 6.07) is 0. The predicted molar refractivity (Wildman–Crippen MR) is 72.1 cm³/mol. The molecule has 0 aromatic carbocycles. The Labute approximate surface area is 110 Å². The predicted octanol–water partition coefficient (Wildman–Crippen LogP) is 2.66. The third kappa shape index (κ3) is 1.97. The van der Waals surface area contributed by atoms with Gasteiger partial charge in [0.15, 0.2) is 0 Å². The fourth-order valence-electron chi connectivity index (χ4n) is 4.22. The highest BCUT2D eigenvalue weighted by Crippen LogP contribution is 2.38. The van der Waals surface area contributed by atoms with Crippen LogP contribution >= 0.6 is 0 Å². The van der Waals surface area contributed by atoms with Crippen LogP contribution in [0.15, 0.2) is 0 Å². The number of carbonyl (C=O) groups is 1. The molecule has 0 aromatic heterocycles. The van der Waals surface area contributed by atoms with Gasteiger partial charge in [-0.1, -0.05) is 32.6 Å². The van der Waals surface area contributed by atoms with Crippen LogP contribution in [-0.4, -0.2) is 29.1 Å². The minimum Gasteiger partial charge on any atom is -0.325 e. The van der Waals surface area contributed by atoms with E-state index in [9.17, 15) is 4.79 Å². The third-order valence-electron chi connectivity index (χ3n) is 5.26. The highest BCUT2D eigenvalue weighted by Gasteiger charge is 2.51. The number of nitrogens with one attached hydrogen (secondary N) is 1. The Morgan fingerprint density at radius 3 is 2.50 bits per heavy atom. The Morgan fingerprint density at radius 2 is 1.89 bits per heavy atom. The van der Waals surface area contributed by atoms with E-state index in [2.05, 4.69) is 17.1 Å². The molecule has 1 N–H and O–H groups in total. The van der Waals surface area contributed by atoms with Gasteiger partial charge in [0.2, 0.25) is 5.91 Å². The van der Waals surface area contributed by atoms with Crippen molar-refractivity contribution in [1.29, 1.82) is 0 Å². The first-order valence-electron chi connectivity index (χ1n) is 7.84. The van der Waals surface area contributed by atoms with Crippen LogP contribution in [0.3, 0.4) is 0 Å². The zero-order valence-corrected chi connectivity index (χ0v) is 11.6. The van der Waals surface area contributed by atoms with Crippen molar-refractivity contribution in [2.75, 3.05) is 6.54 Å². The van der Waals surface area contributed by atoms with E-state index >= 15 is 0 Å². The molecule has 3 aliphatic rings. The molecule has 2 aliphatic carbocycles. The minimum atomic E-state index is -0.167. The van der Waals surface area contributed by atoms with Crippen molar-refractivity contribution in [3.05, 3.63) is 0 Å². The zero-order chi connectivity index (χ0) is 12.6. The van der Waals surface area contributed by atoms with E-state index in [-0.39, 0.29) is 5.54 Å². The molecule has 1 heterocycles. The fraction of sp³-hybridized carbons (Fsp3) is 0.933. The maximum atomic E-state index is 12.8. The molecule has 3 heteroatoms. The second-order valence-electron chi connectivity index (χ2n) is 6.47. The molecule has 1 atom stereocenters. The Hall–Kier alpha value is -0.570. The molecule has 1 saturated heterocycles. The molecule has 102 valence electrons. The summed E-state index contributed by atoms with van der Waals surface area (Å²) in [6.07, 6.45) is 11.3. The minimum absolute atomic E-state index is 0.167. The number of nitrogens with zero attached hydrogens (tertiary/aromatic N) is 1. The van der Waals surface area contributed by atoms with Gasteiger partial charge >= 0.3 is 0 Å². The van der Waals surface area contributed by atoms with Crippen LogP contribution < -0.4 is 5.32 Å². The second kappa shape index (κ2) is 4.84. The van der Waals surface area contributed by atoms with Crippen LogP contribution in [0.1, 0.15) is 64.7 Å². The lowest BCUT2D eigenvalue weighted by Gasteiger charge is -2.26. The lowest BCUT2D eigenvalue weighted by atomic mass is 9.97. The number of rotatable bonds is 3. The Balaban J connectivity index is 1.72. The number of hydrogen-bond donors (Lipinski definition) is 1. The number of amides is 1. The first kappa shape index (κ1) is 12.5. The summed E-state index contributed by atoms with van der Waals surface area (Å²) >= 11 is 0. The van der Waals surface area contributed by atoms with Crippen molar-refractivity contribution in [2.24, 2.45) is 5.92 Å². The zero-order valence-electron chi connectivity index (χ0n) is 11.6. The molecule has 1 spiro atoms. The molecule has 3 fully saturated rings. The summed E-state index contributed by atoms with van der Waals surface area (Å²) in [5, 5.41) is 3.67. The van der Waals surface area contributed by atoms with E-state index in [0.29, 0.717) is 12.1 Å². The van der Waals surface area contributed by atoms with Crippen LogP contribution in [-0.2, 0) is 4.79 Å². The smallest absolute Gasteiger partial charge is 0.244 e. The number of hydrogen-bond acceptors (Lipinski definition) is 2. The van der Waals surface area contributed by atoms with Gasteiger partial charge in [-0.05, 0) is 38.0 Å². The van der Waals surface area contributed by atoms with E-state index in [1.807, 2.05) is 0 Å². The van der Waals surface area contributed by atoms with Crippen molar-refractivity contribution in [3.63, 3.8) is 0 Å². The van der Waals surface area contributed by atoms with Crippen LogP contribution in [0.2, 0.25) is 0 Å². The molecule has 2 saturated carbocycles. The molecule has 0 radical (unpaired) electrons. The molecule has 0 aromatic rings. The van der Waals surface area contributed by atoms with Gasteiger partial charge in [0.25, 0.3) is 0 Å². The van der Waals surface area contributed by atoms with Crippen molar-refractivity contribution < 1.29 is 4.79 Å². The van der Waals surface area contributed by atoms with E-state index in [1.165, 1.54) is 38.5 Å². The van der Waals surface area contributed by atoms with Crippen LogP contribution in [0.25, 0.3) is 0 Å². The van der Waals surface area contributed by atoms with Gasteiger partial charge in [0.05, 0.1) is 11.7 Å². The average Bonchev–Trinajstić information content (AvgIpc) is 3.08. The van der Waals surface area contributed by atoms with Gasteiger partial charge in [0.1, 0.15) is 0 Å². The van der Waals surface area contributed by atoms with Gasteiger partial charge in [-0.2, -0.15) is 0 Å². The van der Waals surface area contributed by atoms with E-state index in [1.54, 1.807) is 0 Å². The quantitative estimate of drug-likeness (QED) is 0.835. The Morgan fingerprint density at radius 1 is 1.22 bits per heavy atom. The Bertz CT molecular complexity index is 316. The van der Waals surface area contributed by atoms with Crippen molar-refractivity contribution in [3.8, 4) is 0 Å². The topological polar surface area (TPSA) is 32.3 Å². The molecule has 18 heavy (non-hydrogen) atoms.